The van der Waals surface area contributed by atoms with E-state index < -0.39 is 0 Å². The summed E-state index contributed by atoms with van der Waals surface area (Å²) >= 11 is 0. The standard InChI is InChI=1S/C36H24N4O/c1-3-9-23(10-4-1)34-38-35(24-11-5-2-6-12-24)40-36(39-34)26-14-7-13-25(21-26)28-15-8-16-31-32(28)30-18-17-27-22-37-20-19-29(27)33(30)41-31/h1-22,30,33H. The van der Waals surface area contributed by atoms with Crippen molar-refractivity contribution in [3.05, 3.63) is 144 Å². The van der Waals surface area contributed by atoms with E-state index in [0.717, 1.165) is 39.1 Å². The molecule has 8 rings (SSSR count). The highest BCUT2D eigenvalue weighted by molar-refractivity contribution is 5.78. The molecule has 5 heteroatoms. The molecule has 0 radical (unpaired) electrons. The molecule has 0 amide bonds. The van der Waals surface area contributed by atoms with Crippen LogP contribution < -0.4 is 4.74 Å². The van der Waals surface area contributed by atoms with E-state index in [2.05, 4.69) is 65.7 Å². The largest absolute Gasteiger partial charge is 0.484 e. The minimum Gasteiger partial charge on any atom is -0.484 e. The van der Waals surface area contributed by atoms with Crippen LogP contribution in [0.5, 0.6) is 5.75 Å². The van der Waals surface area contributed by atoms with E-state index in [4.69, 9.17) is 19.7 Å². The molecule has 1 aliphatic carbocycles. The van der Waals surface area contributed by atoms with Crippen LogP contribution in [0.1, 0.15) is 28.7 Å². The minimum atomic E-state index is -0.0530. The maximum absolute atomic E-state index is 6.53. The molecule has 0 saturated heterocycles. The molecule has 2 aliphatic rings. The van der Waals surface area contributed by atoms with Crippen molar-refractivity contribution >= 4 is 6.08 Å². The van der Waals surface area contributed by atoms with Gasteiger partial charge in [-0.2, -0.15) is 0 Å². The third-order valence-corrected chi connectivity index (χ3v) is 7.79. The van der Waals surface area contributed by atoms with Gasteiger partial charge >= 0.3 is 0 Å². The first kappa shape index (κ1) is 23.5. The fraction of sp³-hybridized carbons (Fsp3) is 0.0556. The number of hydrogen-bond donors (Lipinski definition) is 0. The number of benzene rings is 4. The summed E-state index contributed by atoms with van der Waals surface area (Å²) in [6, 6.07) is 37.0. The summed E-state index contributed by atoms with van der Waals surface area (Å²) < 4.78 is 6.53. The molecule has 0 N–H and O–H groups in total. The zero-order chi connectivity index (χ0) is 27.2. The van der Waals surface area contributed by atoms with Crippen molar-refractivity contribution in [3.63, 3.8) is 0 Å². The third-order valence-electron chi connectivity index (χ3n) is 7.79. The normalized spacial score (nSPS) is 16.4. The number of hydrogen-bond acceptors (Lipinski definition) is 5. The van der Waals surface area contributed by atoms with E-state index in [1.807, 2.05) is 73.1 Å². The van der Waals surface area contributed by atoms with Gasteiger partial charge < -0.3 is 4.74 Å². The summed E-state index contributed by atoms with van der Waals surface area (Å²) in [5.74, 6) is 3.00. The van der Waals surface area contributed by atoms with Gasteiger partial charge in [-0.25, -0.2) is 15.0 Å². The Morgan fingerprint density at radius 3 is 1.95 bits per heavy atom. The van der Waals surface area contributed by atoms with Gasteiger partial charge in [0.2, 0.25) is 0 Å². The number of ether oxygens (including phenoxy) is 1. The predicted molar refractivity (Wildman–Crippen MR) is 161 cm³/mol. The van der Waals surface area contributed by atoms with Crippen molar-refractivity contribution in [2.45, 2.75) is 12.0 Å². The summed E-state index contributed by atoms with van der Waals surface area (Å²) in [5.41, 5.74) is 8.59. The second-order valence-electron chi connectivity index (χ2n) is 10.3. The van der Waals surface area contributed by atoms with Crippen LogP contribution in [0.25, 0.3) is 51.4 Å². The molecular formula is C36H24N4O. The Labute approximate surface area is 237 Å². The summed E-state index contributed by atoms with van der Waals surface area (Å²) in [6.45, 7) is 0. The van der Waals surface area contributed by atoms with E-state index in [0.29, 0.717) is 17.5 Å². The maximum atomic E-state index is 6.53. The van der Waals surface area contributed by atoms with Crippen LogP contribution in [0.3, 0.4) is 0 Å². The smallest absolute Gasteiger partial charge is 0.164 e. The van der Waals surface area contributed by atoms with Gasteiger partial charge in [-0.15, -0.1) is 0 Å². The van der Waals surface area contributed by atoms with Gasteiger partial charge in [0.1, 0.15) is 11.9 Å². The quantitative estimate of drug-likeness (QED) is 0.231. The van der Waals surface area contributed by atoms with Crippen molar-refractivity contribution in [2.75, 3.05) is 0 Å². The van der Waals surface area contributed by atoms with Gasteiger partial charge in [0.05, 0.1) is 0 Å². The number of nitrogens with zero attached hydrogens (tertiary/aromatic N) is 4. The Hall–Kier alpha value is -5.42. The van der Waals surface area contributed by atoms with Crippen LogP contribution in [0, 0.1) is 0 Å². The number of fused-ring (bicyclic) bond motifs is 5. The first-order valence-corrected chi connectivity index (χ1v) is 13.7. The lowest BCUT2D eigenvalue weighted by molar-refractivity contribution is 0.223. The minimum absolute atomic E-state index is 0.0530. The summed E-state index contributed by atoms with van der Waals surface area (Å²) in [7, 11) is 0. The van der Waals surface area contributed by atoms with Gasteiger partial charge in [0.15, 0.2) is 17.5 Å². The maximum Gasteiger partial charge on any atom is 0.164 e. The highest BCUT2D eigenvalue weighted by Crippen LogP contribution is 2.53. The SMILES string of the molecule is C1=CC2c3c(cccc3-c3cccc(-c4nc(-c5ccccc5)nc(-c5ccccc5)n4)c3)OC2c2ccncc21. The lowest BCUT2D eigenvalue weighted by Gasteiger charge is -2.23. The van der Waals surface area contributed by atoms with E-state index in [9.17, 15) is 0 Å². The second-order valence-corrected chi connectivity index (χ2v) is 10.3. The van der Waals surface area contributed by atoms with E-state index in [1.165, 1.54) is 11.1 Å². The predicted octanol–water partition coefficient (Wildman–Crippen LogP) is 8.18. The molecule has 194 valence electrons. The monoisotopic (exact) mass is 528 g/mol. The number of rotatable bonds is 4. The van der Waals surface area contributed by atoms with Crippen molar-refractivity contribution in [1.29, 1.82) is 0 Å². The molecule has 5 nitrogen and oxygen atoms in total. The lowest BCUT2D eigenvalue weighted by Crippen LogP contribution is -2.13. The molecular weight excluding hydrogens is 504 g/mol. The van der Waals surface area contributed by atoms with E-state index in [-0.39, 0.29) is 12.0 Å². The third kappa shape index (κ3) is 4.10. The van der Waals surface area contributed by atoms with Crippen LogP contribution in [0.4, 0.5) is 0 Å². The van der Waals surface area contributed by atoms with Crippen LogP contribution in [-0.4, -0.2) is 19.9 Å². The molecule has 0 bridgehead atoms. The van der Waals surface area contributed by atoms with Gasteiger partial charge in [0, 0.05) is 46.1 Å². The van der Waals surface area contributed by atoms with E-state index in [1.54, 1.807) is 0 Å². The van der Waals surface area contributed by atoms with Crippen LogP contribution in [0.15, 0.2) is 128 Å². The van der Waals surface area contributed by atoms with Crippen LogP contribution in [0.2, 0.25) is 0 Å². The molecule has 4 aromatic carbocycles. The molecule has 3 heterocycles. The Morgan fingerprint density at radius 1 is 0.585 bits per heavy atom. The van der Waals surface area contributed by atoms with Crippen molar-refractivity contribution in [3.8, 4) is 51.0 Å². The van der Waals surface area contributed by atoms with Crippen molar-refractivity contribution in [2.24, 2.45) is 0 Å². The molecule has 41 heavy (non-hydrogen) atoms. The van der Waals surface area contributed by atoms with Gasteiger partial charge in [0.25, 0.3) is 0 Å². The zero-order valence-corrected chi connectivity index (χ0v) is 22.1. The number of aromatic nitrogens is 4. The van der Waals surface area contributed by atoms with E-state index >= 15 is 0 Å². The zero-order valence-electron chi connectivity index (χ0n) is 22.1. The Balaban J connectivity index is 1.24. The summed E-state index contributed by atoms with van der Waals surface area (Å²) in [4.78, 5) is 19.0. The molecule has 2 aromatic heterocycles. The van der Waals surface area contributed by atoms with Crippen molar-refractivity contribution in [1.82, 2.24) is 19.9 Å². The Kier molecular flexibility index (Phi) is 5.52. The molecule has 2 atom stereocenters. The topological polar surface area (TPSA) is 60.8 Å². The number of pyridine rings is 1. The summed E-state index contributed by atoms with van der Waals surface area (Å²) in [5, 5.41) is 0. The summed E-state index contributed by atoms with van der Waals surface area (Å²) in [6.07, 6.45) is 8.10. The molecule has 0 saturated carbocycles. The molecule has 6 aromatic rings. The van der Waals surface area contributed by atoms with Crippen LogP contribution in [-0.2, 0) is 0 Å². The highest BCUT2D eigenvalue weighted by atomic mass is 16.5. The fourth-order valence-electron chi connectivity index (χ4n) is 5.84. The molecule has 0 fully saturated rings. The first-order chi connectivity index (χ1) is 20.3. The average Bonchev–Trinajstić information content (AvgIpc) is 3.45. The first-order valence-electron chi connectivity index (χ1n) is 13.7. The fourth-order valence-corrected chi connectivity index (χ4v) is 5.84. The van der Waals surface area contributed by atoms with Gasteiger partial charge in [-0.05, 0) is 34.9 Å². The Bertz CT molecular complexity index is 1880. The lowest BCUT2D eigenvalue weighted by atomic mass is 9.82. The van der Waals surface area contributed by atoms with Gasteiger partial charge in [-0.1, -0.05) is 103 Å². The molecule has 0 spiro atoms. The highest BCUT2D eigenvalue weighted by Gasteiger charge is 2.38. The van der Waals surface area contributed by atoms with Gasteiger partial charge in [-0.3, -0.25) is 4.98 Å². The average molecular weight is 529 g/mol. The van der Waals surface area contributed by atoms with Crippen molar-refractivity contribution < 1.29 is 4.74 Å². The van der Waals surface area contributed by atoms with Crippen LogP contribution >= 0.6 is 0 Å². The molecule has 1 aliphatic heterocycles. The molecule has 2 unspecified atom stereocenters. The Morgan fingerprint density at radius 2 is 1.22 bits per heavy atom. The second kappa shape index (κ2) is 9.65.